The molecule has 0 N–H and O–H groups in total. The van der Waals surface area contributed by atoms with E-state index in [0.29, 0.717) is 13.2 Å². The van der Waals surface area contributed by atoms with Crippen LogP contribution in [0.15, 0.2) is 25.3 Å². The van der Waals surface area contributed by atoms with Gasteiger partial charge in [-0.3, -0.25) is 0 Å². The van der Waals surface area contributed by atoms with Gasteiger partial charge in [0.05, 0.1) is 0 Å². The standard InChI is InChI=1S/C16H30NO2/c1-5-9-11-13-18-15(7-3)17-16(8-4)19-14-12-10-6-2/h7-8,15-16H,3-6,9-14H2,1-2H3. The molecule has 0 aliphatic carbocycles. The van der Waals surface area contributed by atoms with Crippen LogP contribution in [0.1, 0.15) is 52.4 Å². The summed E-state index contributed by atoms with van der Waals surface area (Å²) in [6, 6.07) is 0. The number of ether oxygens (including phenoxy) is 2. The molecule has 1 radical (unpaired) electrons. The highest BCUT2D eigenvalue weighted by Gasteiger charge is 2.12. The summed E-state index contributed by atoms with van der Waals surface area (Å²) in [7, 11) is 0. The van der Waals surface area contributed by atoms with Gasteiger partial charge in [0, 0.05) is 13.2 Å². The maximum atomic E-state index is 5.64. The lowest BCUT2D eigenvalue weighted by molar-refractivity contribution is -0.0125. The molecule has 111 valence electrons. The quantitative estimate of drug-likeness (QED) is 0.352. The van der Waals surface area contributed by atoms with E-state index in [9.17, 15) is 0 Å². The summed E-state index contributed by atoms with van der Waals surface area (Å²) in [5, 5.41) is 4.43. The van der Waals surface area contributed by atoms with E-state index in [1.807, 2.05) is 0 Å². The maximum absolute atomic E-state index is 5.64. The number of unbranched alkanes of at least 4 members (excludes halogenated alkanes) is 4. The number of rotatable bonds is 14. The molecule has 3 heteroatoms. The van der Waals surface area contributed by atoms with Crippen LogP contribution in [0.25, 0.3) is 0 Å². The smallest absolute Gasteiger partial charge is 0.145 e. The molecule has 0 aromatic rings. The van der Waals surface area contributed by atoms with Crippen molar-refractivity contribution < 1.29 is 9.47 Å². The van der Waals surface area contributed by atoms with E-state index in [4.69, 9.17) is 9.47 Å². The molecule has 0 rings (SSSR count). The van der Waals surface area contributed by atoms with Crippen molar-refractivity contribution >= 4 is 0 Å². The molecule has 0 aromatic carbocycles. The van der Waals surface area contributed by atoms with E-state index in [1.165, 1.54) is 25.7 Å². The lowest BCUT2D eigenvalue weighted by Crippen LogP contribution is -2.33. The van der Waals surface area contributed by atoms with Gasteiger partial charge in [0.15, 0.2) is 0 Å². The second kappa shape index (κ2) is 13.8. The monoisotopic (exact) mass is 268 g/mol. The number of hydrogen-bond donors (Lipinski definition) is 0. The molecule has 0 fully saturated rings. The molecular weight excluding hydrogens is 238 g/mol. The average Bonchev–Trinajstić information content (AvgIpc) is 2.44. The van der Waals surface area contributed by atoms with Gasteiger partial charge in [-0.2, -0.15) is 5.32 Å². The first-order valence-corrected chi connectivity index (χ1v) is 7.46. The second-order valence-corrected chi connectivity index (χ2v) is 4.56. The van der Waals surface area contributed by atoms with Gasteiger partial charge in [-0.1, -0.05) is 52.7 Å². The Kier molecular flexibility index (Phi) is 13.3. The Balaban J connectivity index is 3.82. The first-order valence-electron chi connectivity index (χ1n) is 7.46. The van der Waals surface area contributed by atoms with Crippen molar-refractivity contribution in [3.8, 4) is 0 Å². The van der Waals surface area contributed by atoms with Crippen molar-refractivity contribution in [3.63, 3.8) is 0 Å². The van der Waals surface area contributed by atoms with Gasteiger partial charge < -0.3 is 9.47 Å². The van der Waals surface area contributed by atoms with Gasteiger partial charge in [-0.05, 0) is 25.0 Å². The van der Waals surface area contributed by atoms with Gasteiger partial charge in [-0.15, -0.1) is 0 Å². The predicted octanol–water partition coefficient (Wildman–Crippen LogP) is 4.03. The highest BCUT2D eigenvalue weighted by atomic mass is 16.5. The Morgan fingerprint density at radius 3 is 1.58 bits per heavy atom. The van der Waals surface area contributed by atoms with E-state index >= 15 is 0 Å². The topological polar surface area (TPSA) is 32.6 Å². The van der Waals surface area contributed by atoms with Gasteiger partial charge in [-0.25, -0.2) is 0 Å². The molecule has 0 spiro atoms. The molecule has 0 aliphatic heterocycles. The Morgan fingerprint density at radius 1 is 0.842 bits per heavy atom. The zero-order chi connectivity index (χ0) is 14.3. The first kappa shape index (κ1) is 18.4. The fraction of sp³-hybridized carbons (Fsp3) is 0.750. The molecule has 0 bridgehead atoms. The van der Waals surface area contributed by atoms with Crippen molar-refractivity contribution in [2.45, 2.75) is 64.8 Å². The van der Waals surface area contributed by atoms with Gasteiger partial charge in [0.25, 0.3) is 0 Å². The van der Waals surface area contributed by atoms with Crippen LogP contribution in [-0.4, -0.2) is 25.7 Å². The normalized spacial score (nSPS) is 14.0. The van der Waals surface area contributed by atoms with Crippen LogP contribution in [0.3, 0.4) is 0 Å². The molecule has 3 nitrogen and oxygen atoms in total. The summed E-state index contributed by atoms with van der Waals surface area (Å²) >= 11 is 0. The Bertz CT molecular complexity index is 197. The first-order chi connectivity index (χ1) is 9.28. The van der Waals surface area contributed by atoms with Gasteiger partial charge in [0.1, 0.15) is 12.5 Å². The van der Waals surface area contributed by atoms with Crippen LogP contribution in [0, 0.1) is 0 Å². The molecule has 0 saturated carbocycles. The largest absolute Gasteiger partial charge is 0.358 e. The van der Waals surface area contributed by atoms with Crippen LogP contribution in [-0.2, 0) is 9.47 Å². The SMILES string of the molecule is C=CC([N]C(C=C)OCCCCC)OCCCCC. The summed E-state index contributed by atoms with van der Waals surface area (Å²) in [5.41, 5.74) is 0. The van der Waals surface area contributed by atoms with Crippen molar-refractivity contribution in [2.24, 2.45) is 0 Å². The summed E-state index contributed by atoms with van der Waals surface area (Å²) in [4.78, 5) is 0. The Hall–Kier alpha value is -0.640. The molecule has 19 heavy (non-hydrogen) atoms. The van der Waals surface area contributed by atoms with Crippen LogP contribution < -0.4 is 5.32 Å². The zero-order valence-corrected chi connectivity index (χ0v) is 12.6. The van der Waals surface area contributed by atoms with E-state index < -0.39 is 0 Å². The lowest BCUT2D eigenvalue weighted by Gasteiger charge is -2.19. The molecule has 0 amide bonds. The molecule has 0 aliphatic rings. The highest BCUT2D eigenvalue weighted by Crippen LogP contribution is 2.03. The van der Waals surface area contributed by atoms with E-state index in [2.05, 4.69) is 32.3 Å². The van der Waals surface area contributed by atoms with Crippen LogP contribution in [0.2, 0.25) is 0 Å². The lowest BCUT2D eigenvalue weighted by atomic mass is 10.3. The third kappa shape index (κ3) is 10.9. The zero-order valence-electron chi connectivity index (χ0n) is 12.6. The predicted molar refractivity (Wildman–Crippen MR) is 81.1 cm³/mol. The number of nitrogens with zero attached hydrogens (tertiary/aromatic N) is 1. The maximum Gasteiger partial charge on any atom is 0.145 e. The third-order valence-electron chi connectivity index (χ3n) is 2.77. The molecule has 2 atom stereocenters. The van der Waals surface area contributed by atoms with E-state index in [-0.39, 0.29) is 12.5 Å². The summed E-state index contributed by atoms with van der Waals surface area (Å²) in [6.45, 7) is 13.3. The van der Waals surface area contributed by atoms with Crippen molar-refractivity contribution in [1.29, 1.82) is 0 Å². The fourth-order valence-corrected chi connectivity index (χ4v) is 1.60. The van der Waals surface area contributed by atoms with Crippen molar-refractivity contribution in [1.82, 2.24) is 5.32 Å². The number of hydrogen-bond acceptors (Lipinski definition) is 2. The fourth-order valence-electron chi connectivity index (χ4n) is 1.60. The average molecular weight is 268 g/mol. The summed E-state index contributed by atoms with van der Waals surface area (Å²) < 4.78 is 11.3. The van der Waals surface area contributed by atoms with Crippen LogP contribution >= 0.6 is 0 Å². The molecular formula is C16H30NO2. The Morgan fingerprint density at radius 2 is 1.26 bits per heavy atom. The highest BCUT2D eigenvalue weighted by molar-refractivity contribution is 4.85. The van der Waals surface area contributed by atoms with Gasteiger partial charge >= 0.3 is 0 Å². The second-order valence-electron chi connectivity index (χ2n) is 4.56. The minimum Gasteiger partial charge on any atom is -0.358 e. The van der Waals surface area contributed by atoms with Crippen LogP contribution in [0.5, 0.6) is 0 Å². The van der Waals surface area contributed by atoms with Crippen molar-refractivity contribution in [3.05, 3.63) is 25.3 Å². The van der Waals surface area contributed by atoms with Gasteiger partial charge in [0.2, 0.25) is 0 Å². The minimum absolute atomic E-state index is 0.300. The summed E-state index contributed by atoms with van der Waals surface area (Å²) in [6.07, 6.45) is 9.68. The van der Waals surface area contributed by atoms with Crippen molar-refractivity contribution in [2.75, 3.05) is 13.2 Å². The Labute approximate surface area is 119 Å². The van der Waals surface area contributed by atoms with E-state index in [1.54, 1.807) is 12.2 Å². The minimum atomic E-state index is -0.300. The molecule has 0 aromatic heterocycles. The summed E-state index contributed by atoms with van der Waals surface area (Å²) in [5.74, 6) is 0. The molecule has 0 saturated heterocycles. The van der Waals surface area contributed by atoms with E-state index in [0.717, 1.165) is 12.8 Å². The van der Waals surface area contributed by atoms with Crippen LogP contribution in [0.4, 0.5) is 0 Å². The molecule has 2 unspecified atom stereocenters. The molecule has 0 heterocycles. The third-order valence-corrected chi connectivity index (χ3v) is 2.77.